The quantitative estimate of drug-likeness (QED) is 0.156. The standard InChI is InChI=1S/C57H41NS/c1-57(2)52-22-12-9-20-47(52)48-34-29-42(37-53(48)57)43-35-50(56-51(36-43)49-21-11-14-24-55(49)59-56)41-27-32-45(33-28-41)58(44-30-25-39(26-31-44)38-15-5-3-6-16-38)54-23-13-10-19-46(54)40-17-7-4-8-18-40/h3-37H,1-2H3. The molecule has 1 aliphatic carbocycles. The van der Waals surface area contributed by atoms with E-state index < -0.39 is 0 Å². The van der Waals surface area contributed by atoms with Crippen molar-refractivity contribution in [2.45, 2.75) is 19.3 Å². The Hall–Kier alpha value is -7.00. The average molecular weight is 772 g/mol. The Labute approximate surface area is 350 Å². The maximum Gasteiger partial charge on any atom is 0.0540 e. The molecular formula is C57H41NS. The zero-order valence-corrected chi connectivity index (χ0v) is 33.9. The smallest absolute Gasteiger partial charge is 0.0540 e. The highest BCUT2D eigenvalue weighted by molar-refractivity contribution is 7.26. The van der Waals surface area contributed by atoms with E-state index in [0.29, 0.717) is 0 Å². The largest absolute Gasteiger partial charge is 0.310 e. The molecule has 0 spiro atoms. The fourth-order valence-corrected chi connectivity index (χ4v) is 10.5. The van der Waals surface area contributed by atoms with Gasteiger partial charge in [-0.3, -0.25) is 0 Å². The van der Waals surface area contributed by atoms with Gasteiger partial charge in [-0.2, -0.15) is 0 Å². The van der Waals surface area contributed by atoms with Gasteiger partial charge in [0.2, 0.25) is 0 Å². The number of fused-ring (bicyclic) bond motifs is 6. The monoisotopic (exact) mass is 771 g/mol. The van der Waals surface area contributed by atoms with Gasteiger partial charge in [-0.05, 0) is 110 Å². The zero-order valence-electron chi connectivity index (χ0n) is 33.1. The second kappa shape index (κ2) is 14.1. The molecule has 1 aliphatic rings. The topological polar surface area (TPSA) is 3.24 Å². The van der Waals surface area contributed by atoms with E-state index in [1.165, 1.54) is 86.9 Å². The summed E-state index contributed by atoms with van der Waals surface area (Å²) in [6, 6.07) is 78.0. The molecule has 280 valence electrons. The molecule has 0 saturated heterocycles. The van der Waals surface area contributed by atoms with E-state index in [0.717, 1.165) is 17.1 Å². The lowest BCUT2D eigenvalue weighted by molar-refractivity contribution is 0.660. The molecule has 1 nitrogen and oxygen atoms in total. The third kappa shape index (κ3) is 5.99. The van der Waals surface area contributed by atoms with E-state index in [2.05, 4.69) is 231 Å². The number of anilines is 3. The summed E-state index contributed by atoms with van der Waals surface area (Å²) in [4.78, 5) is 2.40. The average Bonchev–Trinajstić information content (AvgIpc) is 3.79. The molecule has 1 aromatic heterocycles. The van der Waals surface area contributed by atoms with Crippen LogP contribution in [0, 0.1) is 0 Å². The maximum atomic E-state index is 2.45. The highest BCUT2D eigenvalue weighted by atomic mass is 32.1. The Bertz CT molecular complexity index is 3160. The minimum absolute atomic E-state index is 0.0628. The molecule has 0 bridgehead atoms. The van der Waals surface area contributed by atoms with Gasteiger partial charge >= 0.3 is 0 Å². The zero-order chi connectivity index (χ0) is 39.5. The van der Waals surface area contributed by atoms with Crippen molar-refractivity contribution in [2.24, 2.45) is 0 Å². The molecule has 0 aliphatic heterocycles. The maximum absolute atomic E-state index is 2.45. The molecule has 10 aromatic rings. The molecule has 11 rings (SSSR count). The summed E-state index contributed by atoms with van der Waals surface area (Å²) in [5.41, 5.74) is 18.5. The summed E-state index contributed by atoms with van der Waals surface area (Å²) in [7, 11) is 0. The van der Waals surface area contributed by atoms with Crippen LogP contribution in [0.1, 0.15) is 25.0 Å². The van der Waals surface area contributed by atoms with Crippen molar-refractivity contribution in [3.63, 3.8) is 0 Å². The molecule has 0 saturated carbocycles. The number of rotatable bonds is 7. The van der Waals surface area contributed by atoms with Crippen LogP contribution in [0.5, 0.6) is 0 Å². The Morgan fingerprint density at radius 2 is 0.898 bits per heavy atom. The Balaban J connectivity index is 1.05. The fraction of sp³-hybridized carbons (Fsp3) is 0.0526. The molecule has 0 amide bonds. The molecule has 0 N–H and O–H groups in total. The summed E-state index contributed by atoms with van der Waals surface area (Å²) in [5.74, 6) is 0. The first-order chi connectivity index (χ1) is 29.0. The third-order valence-corrected chi connectivity index (χ3v) is 13.5. The molecule has 1 heterocycles. The highest BCUT2D eigenvalue weighted by Crippen LogP contribution is 2.51. The van der Waals surface area contributed by atoms with Crippen molar-refractivity contribution in [2.75, 3.05) is 4.90 Å². The van der Waals surface area contributed by atoms with E-state index in [9.17, 15) is 0 Å². The van der Waals surface area contributed by atoms with Crippen molar-refractivity contribution in [1.82, 2.24) is 0 Å². The van der Waals surface area contributed by atoms with Crippen molar-refractivity contribution in [3.8, 4) is 55.6 Å². The van der Waals surface area contributed by atoms with Crippen molar-refractivity contribution in [3.05, 3.63) is 223 Å². The highest BCUT2D eigenvalue weighted by Gasteiger charge is 2.35. The van der Waals surface area contributed by atoms with Crippen molar-refractivity contribution >= 4 is 48.6 Å². The minimum atomic E-state index is -0.0628. The van der Waals surface area contributed by atoms with Crippen LogP contribution >= 0.6 is 11.3 Å². The van der Waals surface area contributed by atoms with Crippen LogP contribution < -0.4 is 4.90 Å². The van der Waals surface area contributed by atoms with Crippen LogP contribution in [0.4, 0.5) is 17.1 Å². The van der Waals surface area contributed by atoms with E-state index in [1.54, 1.807) is 0 Å². The summed E-state index contributed by atoms with van der Waals surface area (Å²) < 4.78 is 2.63. The molecule has 9 aromatic carbocycles. The van der Waals surface area contributed by atoms with Crippen molar-refractivity contribution < 1.29 is 0 Å². The first kappa shape index (κ1) is 35.2. The summed E-state index contributed by atoms with van der Waals surface area (Å²) >= 11 is 1.89. The van der Waals surface area contributed by atoms with Gasteiger partial charge in [0.05, 0.1) is 5.69 Å². The lowest BCUT2D eigenvalue weighted by atomic mass is 9.81. The lowest BCUT2D eigenvalue weighted by Gasteiger charge is -2.28. The van der Waals surface area contributed by atoms with E-state index in [-0.39, 0.29) is 5.41 Å². The van der Waals surface area contributed by atoms with Crippen LogP contribution in [-0.2, 0) is 5.41 Å². The number of thiophene rings is 1. The van der Waals surface area contributed by atoms with Crippen LogP contribution in [0.25, 0.3) is 75.8 Å². The summed E-state index contributed by atoms with van der Waals surface area (Å²) in [6.07, 6.45) is 0. The van der Waals surface area contributed by atoms with Gasteiger partial charge in [0.25, 0.3) is 0 Å². The minimum Gasteiger partial charge on any atom is -0.310 e. The van der Waals surface area contributed by atoms with Crippen LogP contribution in [0.3, 0.4) is 0 Å². The first-order valence-corrected chi connectivity index (χ1v) is 21.2. The second-order valence-electron chi connectivity index (χ2n) is 16.1. The van der Waals surface area contributed by atoms with Crippen LogP contribution in [-0.4, -0.2) is 0 Å². The predicted molar refractivity (Wildman–Crippen MR) is 253 cm³/mol. The lowest BCUT2D eigenvalue weighted by Crippen LogP contribution is -2.14. The molecule has 59 heavy (non-hydrogen) atoms. The second-order valence-corrected chi connectivity index (χ2v) is 17.2. The van der Waals surface area contributed by atoms with Gasteiger partial charge in [-0.15, -0.1) is 11.3 Å². The number of hydrogen-bond acceptors (Lipinski definition) is 2. The van der Waals surface area contributed by atoms with E-state index >= 15 is 0 Å². The van der Waals surface area contributed by atoms with Gasteiger partial charge in [-0.1, -0.05) is 172 Å². The molecule has 0 atom stereocenters. The molecule has 0 fully saturated rings. The van der Waals surface area contributed by atoms with Gasteiger partial charge < -0.3 is 4.90 Å². The van der Waals surface area contributed by atoms with Gasteiger partial charge in [0, 0.05) is 48.1 Å². The first-order valence-electron chi connectivity index (χ1n) is 20.4. The fourth-order valence-electron chi connectivity index (χ4n) is 9.27. The van der Waals surface area contributed by atoms with Crippen LogP contribution in [0.2, 0.25) is 0 Å². The number of para-hydroxylation sites is 1. The predicted octanol–water partition coefficient (Wildman–Crippen LogP) is 16.5. The number of benzene rings is 9. The van der Waals surface area contributed by atoms with E-state index in [4.69, 9.17) is 0 Å². The Morgan fingerprint density at radius 3 is 1.64 bits per heavy atom. The van der Waals surface area contributed by atoms with Crippen molar-refractivity contribution in [1.29, 1.82) is 0 Å². The molecule has 0 radical (unpaired) electrons. The van der Waals surface area contributed by atoms with Gasteiger partial charge in [-0.25, -0.2) is 0 Å². The SMILES string of the molecule is CC1(C)c2ccccc2-c2ccc(-c3cc(-c4ccc(N(c5ccc(-c6ccccc6)cc5)c5ccccc5-c5ccccc5)cc4)c4sc5ccccc5c4c3)cc21. The molecule has 0 unspecified atom stereocenters. The summed E-state index contributed by atoms with van der Waals surface area (Å²) in [5, 5.41) is 2.62. The molecule has 2 heteroatoms. The normalized spacial score (nSPS) is 12.7. The molecular weight excluding hydrogens is 731 g/mol. The Morgan fingerprint density at radius 1 is 0.356 bits per heavy atom. The van der Waals surface area contributed by atoms with Gasteiger partial charge in [0.1, 0.15) is 0 Å². The Kier molecular flexibility index (Phi) is 8.43. The number of hydrogen-bond donors (Lipinski definition) is 0. The van der Waals surface area contributed by atoms with Gasteiger partial charge in [0.15, 0.2) is 0 Å². The number of nitrogens with zero attached hydrogens (tertiary/aromatic N) is 1. The summed E-state index contributed by atoms with van der Waals surface area (Å²) in [6.45, 7) is 4.73. The van der Waals surface area contributed by atoms with Crippen LogP contribution in [0.15, 0.2) is 212 Å². The van der Waals surface area contributed by atoms with E-state index in [1.807, 2.05) is 11.3 Å². The third-order valence-electron chi connectivity index (χ3n) is 12.3.